The molecular formula is C13H19ClN2O2. The topological polar surface area (TPSA) is 45.5 Å². The van der Waals surface area contributed by atoms with Crippen LogP contribution in [0.25, 0.3) is 0 Å². The number of hydrogen-bond acceptors (Lipinski definition) is 3. The molecule has 0 spiro atoms. The molecular weight excluding hydrogens is 252 g/mol. The van der Waals surface area contributed by atoms with Gasteiger partial charge in [0.2, 0.25) is 5.22 Å². The Morgan fingerprint density at radius 3 is 2.89 bits per heavy atom. The van der Waals surface area contributed by atoms with Gasteiger partial charge in [-0.25, -0.2) is 0 Å². The number of halogens is 1. The second kappa shape index (κ2) is 6.25. The van der Waals surface area contributed by atoms with E-state index in [0.29, 0.717) is 18.0 Å². The molecule has 1 fully saturated rings. The zero-order valence-electron chi connectivity index (χ0n) is 10.6. The first kappa shape index (κ1) is 13.4. The molecule has 1 amide bonds. The summed E-state index contributed by atoms with van der Waals surface area (Å²) >= 11 is 5.75. The van der Waals surface area contributed by atoms with Crippen molar-refractivity contribution in [1.29, 1.82) is 0 Å². The number of nitrogens with one attached hydrogen (secondary N) is 1. The average molecular weight is 271 g/mol. The summed E-state index contributed by atoms with van der Waals surface area (Å²) < 4.78 is 4.90. The van der Waals surface area contributed by atoms with Gasteiger partial charge in [0.15, 0.2) is 0 Å². The molecule has 1 aliphatic heterocycles. The van der Waals surface area contributed by atoms with Crippen molar-refractivity contribution in [2.75, 3.05) is 26.2 Å². The first-order valence-electron chi connectivity index (χ1n) is 6.40. The number of hydrogen-bond donors (Lipinski definition) is 1. The van der Waals surface area contributed by atoms with Crippen LogP contribution in [0.4, 0.5) is 0 Å². The molecule has 1 N–H and O–H groups in total. The summed E-state index contributed by atoms with van der Waals surface area (Å²) in [6, 6.07) is 1.59. The maximum absolute atomic E-state index is 11.8. The van der Waals surface area contributed by atoms with Crippen molar-refractivity contribution in [3.05, 3.63) is 23.1 Å². The average Bonchev–Trinajstić information content (AvgIpc) is 2.97. The number of rotatable bonds is 5. The van der Waals surface area contributed by atoms with E-state index in [1.807, 2.05) is 0 Å². The van der Waals surface area contributed by atoms with Crippen molar-refractivity contribution < 1.29 is 9.21 Å². The molecule has 1 unspecified atom stereocenters. The summed E-state index contributed by atoms with van der Waals surface area (Å²) in [6.45, 7) is 6.23. The molecule has 100 valence electrons. The van der Waals surface area contributed by atoms with Crippen LogP contribution in [0.2, 0.25) is 5.22 Å². The van der Waals surface area contributed by atoms with Gasteiger partial charge < -0.3 is 14.6 Å². The van der Waals surface area contributed by atoms with Crippen molar-refractivity contribution in [3.63, 3.8) is 0 Å². The highest BCUT2D eigenvalue weighted by molar-refractivity contribution is 6.32. The minimum atomic E-state index is -0.165. The second-order valence-electron chi connectivity index (χ2n) is 4.93. The molecule has 1 aromatic rings. The number of carbonyl (C=O) groups excluding carboxylic acids is 1. The monoisotopic (exact) mass is 270 g/mol. The Bertz CT molecular complexity index is 399. The zero-order chi connectivity index (χ0) is 13.0. The lowest BCUT2D eigenvalue weighted by molar-refractivity contribution is 0.0944. The third kappa shape index (κ3) is 3.50. The standard InChI is InChI=1S/C13H19ClN2O2/c1-10(9-16-5-2-3-6-16)8-15-13(17)11-4-7-18-12(11)14/h4,7,10H,2-3,5-6,8-9H2,1H3,(H,15,17). The summed E-state index contributed by atoms with van der Waals surface area (Å²) in [5, 5.41) is 3.04. The first-order chi connectivity index (χ1) is 8.66. The van der Waals surface area contributed by atoms with Crippen LogP contribution in [0.5, 0.6) is 0 Å². The Kier molecular flexibility index (Phi) is 4.66. The highest BCUT2D eigenvalue weighted by Crippen LogP contribution is 2.16. The number of likely N-dealkylation sites (tertiary alicyclic amines) is 1. The zero-order valence-corrected chi connectivity index (χ0v) is 11.4. The minimum absolute atomic E-state index is 0.152. The molecule has 1 aliphatic rings. The largest absolute Gasteiger partial charge is 0.452 e. The molecule has 2 heterocycles. The maximum Gasteiger partial charge on any atom is 0.256 e. The van der Waals surface area contributed by atoms with Crippen LogP contribution in [-0.2, 0) is 0 Å². The van der Waals surface area contributed by atoms with Crippen LogP contribution < -0.4 is 5.32 Å². The van der Waals surface area contributed by atoms with Gasteiger partial charge in [0, 0.05) is 13.1 Å². The van der Waals surface area contributed by atoms with Crippen LogP contribution in [0, 0.1) is 5.92 Å². The number of nitrogens with zero attached hydrogens (tertiary/aromatic N) is 1. The minimum Gasteiger partial charge on any atom is -0.452 e. The van der Waals surface area contributed by atoms with Crippen LogP contribution in [0.15, 0.2) is 16.7 Å². The summed E-state index contributed by atoms with van der Waals surface area (Å²) in [5.74, 6) is 0.278. The third-order valence-corrected chi connectivity index (χ3v) is 3.53. The Labute approximate surface area is 112 Å². The SMILES string of the molecule is CC(CNC(=O)c1ccoc1Cl)CN1CCCC1. The van der Waals surface area contributed by atoms with Crippen molar-refractivity contribution in [1.82, 2.24) is 10.2 Å². The predicted molar refractivity (Wildman–Crippen MR) is 70.9 cm³/mol. The van der Waals surface area contributed by atoms with Crippen LogP contribution in [0.1, 0.15) is 30.1 Å². The number of furan rings is 1. The molecule has 2 rings (SSSR count). The van der Waals surface area contributed by atoms with Gasteiger partial charge in [-0.1, -0.05) is 6.92 Å². The fourth-order valence-electron chi connectivity index (χ4n) is 2.29. The van der Waals surface area contributed by atoms with E-state index in [0.717, 1.165) is 6.54 Å². The number of carbonyl (C=O) groups is 1. The van der Waals surface area contributed by atoms with E-state index in [1.54, 1.807) is 6.07 Å². The lowest BCUT2D eigenvalue weighted by atomic mass is 10.1. The Morgan fingerprint density at radius 2 is 2.28 bits per heavy atom. The van der Waals surface area contributed by atoms with Crippen LogP contribution in [0.3, 0.4) is 0 Å². The van der Waals surface area contributed by atoms with E-state index in [9.17, 15) is 4.79 Å². The Balaban J connectivity index is 1.73. The van der Waals surface area contributed by atoms with E-state index < -0.39 is 0 Å². The molecule has 4 nitrogen and oxygen atoms in total. The van der Waals surface area contributed by atoms with Gasteiger partial charge in [0.1, 0.15) is 0 Å². The quantitative estimate of drug-likeness (QED) is 0.894. The molecule has 0 aliphatic carbocycles. The second-order valence-corrected chi connectivity index (χ2v) is 5.27. The molecule has 0 radical (unpaired) electrons. The molecule has 0 aromatic carbocycles. The van der Waals surface area contributed by atoms with Gasteiger partial charge in [0.05, 0.1) is 11.8 Å². The Hall–Kier alpha value is -1.00. The molecule has 1 aromatic heterocycles. The van der Waals surface area contributed by atoms with Crippen molar-refractivity contribution in [2.24, 2.45) is 5.92 Å². The van der Waals surface area contributed by atoms with Gasteiger partial charge >= 0.3 is 0 Å². The van der Waals surface area contributed by atoms with Crippen molar-refractivity contribution in [3.8, 4) is 0 Å². The fraction of sp³-hybridized carbons (Fsp3) is 0.615. The summed E-state index contributed by atoms with van der Waals surface area (Å²) in [6.07, 6.45) is 4.01. The molecule has 1 atom stereocenters. The first-order valence-corrected chi connectivity index (χ1v) is 6.78. The highest BCUT2D eigenvalue weighted by atomic mass is 35.5. The van der Waals surface area contributed by atoms with Crippen molar-refractivity contribution in [2.45, 2.75) is 19.8 Å². The summed E-state index contributed by atoms with van der Waals surface area (Å²) in [4.78, 5) is 14.2. The van der Waals surface area contributed by atoms with Crippen LogP contribution in [-0.4, -0.2) is 37.0 Å². The Morgan fingerprint density at radius 1 is 1.56 bits per heavy atom. The van der Waals surface area contributed by atoms with E-state index in [1.165, 1.54) is 32.2 Å². The highest BCUT2D eigenvalue weighted by Gasteiger charge is 2.17. The number of amides is 1. The lowest BCUT2D eigenvalue weighted by Gasteiger charge is -2.20. The predicted octanol–water partition coefficient (Wildman–Crippen LogP) is 2.39. The van der Waals surface area contributed by atoms with Crippen molar-refractivity contribution >= 4 is 17.5 Å². The van der Waals surface area contributed by atoms with E-state index in [2.05, 4.69) is 17.1 Å². The third-order valence-electron chi connectivity index (χ3n) is 3.24. The smallest absolute Gasteiger partial charge is 0.256 e. The normalized spacial score (nSPS) is 17.9. The molecule has 0 saturated carbocycles. The molecule has 18 heavy (non-hydrogen) atoms. The maximum atomic E-state index is 11.8. The lowest BCUT2D eigenvalue weighted by Crippen LogP contribution is -2.34. The van der Waals surface area contributed by atoms with E-state index in [-0.39, 0.29) is 11.1 Å². The van der Waals surface area contributed by atoms with Gasteiger partial charge in [-0.3, -0.25) is 4.79 Å². The van der Waals surface area contributed by atoms with Gasteiger partial charge in [-0.15, -0.1) is 0 Å². The van der Waals surface area contributed by atoms with E-state index >= 15 is 0 Å². The summed E-state index contributed by atoms with van der Waals surface area (Å²) in [7, 11) is 0. The van der Waals surface area contributed by atoms with Gasteiger partial charge in [-0.05, 0) is 49.5 Å². The molecule has 0 bridgehead atoms. The summed E-state index contributed by atoms with van der Waals surface area (Å²) in [5.41, 5.74) is 0.407. The fourth-order valence-corrected chi connectivity index (χ4v) is 2.49. The molecule has 5 heteroatoms. The van der Waals surface area contributed by atoms with E-state index in [4.69, 9.17) is 16.0 Å². The van der Waals surface area contributed by atoms with Crippen LogP contribution >= 0.6 is 11.6 Å². The van der Waals surface area contributed by atoms with Gasteiger partial charge in [0.25, 0.3) is 5.91 Å². The van der Waals surface area contributed by atoms with Gasteiger partial charge in [-0.2, -0.15) is 0 Å². The molecule has 1 saturated heterocycles.